The molecule has 6 heteroatoms. The van der Waals surface area contributed by atoms with Gasteiger partial charge in [0.25, 0.3) is 0 Å². The first kappa shape index (κ1) is 13.0. The fourth-order valence-electron chi connectivity index (χ4n) is 2.80. The predicted molar refractivity (Wildman–Crippen MR) is 85.4 cm³/mol. The van der Waals surface area contributed by atoms with Gasteiger partial charge in [-0.25, -0.2) is 0 Å². The number of hydrogen-bond acceptors (Lipinski definition) is 5. The Hall–Kier alpha value is -2.70. The van der Waals surface area contributed by atoms with Crippen LogP contribution in [0.4, 0.5) is 0 Å². The molecule has 0 unspecified atom stereocenters. The molecule has 0 aliphatic rings. The van der Waals surface area contributed by atoms with E-state index in [4.69, 9.17) is 14.7 Å². The number of benzene rings is 2. The Labute approximate surface area is 126 Å². The van der Waals surface area contributed by atoms with Crippen LogP contribution in [0.2, 0.25) is 0 Å². The molecule has 22 heavy (non-hydrogen) atoms. The van der Waals surface area contributed by atoms with Crippen molar-refractivity contribution in [3.63, 3.8) is 0 Å². The molecular weight excluding hydrogens is 279 g/mol. The minimum Gasteiger partial charge on any atom is -0.512 e. The van der Waals surface area contributed by atoms with Crippen LogP contribution in [0.3, 0.4) is 0 Å². The fraction of sp³-hybridized carbons (Fsp3) is 0. The van der Waals surface area contributed by atoms with Crippen LogP contribution in [0.15, 0.2) is 54.9 Å². The molecule has 2 aromatic heterocycles. The largest absolute Gasteiger partial charge is 0.707 e. The quantitative estimate of drug-likeness (QED) is 0.437. The molecule has 0 atom stereocenters. The van der Waals surface area contributed by atoms with Crippen molar-refractivity contribution in [3.05, 3.63) is 54.9 Å². The van der Waals surface area contributed by atoms with E-state index in [9.17, 15) is 0 Å². The first-order chi connectivity index (χ1) is 10.7. The van der Waals surface area contributed by atoms with Crippen molar-refractivity contribution in [2.24, 2.45) is 0 Å². The van der Waals surface area contributed by atoms with Crippen molar-refractivity contribution in [3.8, 4) is 5.75 Å². The molecular formula is C16H11BN2O3. The predicted octanol–water partition coefficient (Wildman–Crippen LogP) is 2.28. The van der Waals surface area contributed by atoms with Crippen molar-refractivity contribution in [1.29, 1.82) is 0 Å². The van der Waals surface area contributed by atoms with Crippen molar-refractivity contribution >= 4 is 39.9 Å². The van der Waals surface area contributed by atoms with E-state index in [-0.39, 0.29) is 0 Å². The third-order valence-corrected chi connectivity index (χ3v) is 3.65. The number of nitrogens with zero attached hydrogens (tertiary/aromatic N) is 2. The van der Waals surface area contributed by atoms with Gasteiger partial charge in [-0.3, -0.25) is 9.97 Å². The Morgan fingerprint density at radius 3 is 2.05 bits per heavy atom. The van der Waals surface area contributed by atoms with E-state index >= 15 is 0 Å². The van der Waals surface area contributed by atoms with E-state index in [0.29, 0.717) is 5.75 Å². The summed E-state index contributed by atoms with van der Waals surface area (Å²) >= 11 is 0. The highest BCUT2D eigenvalue weighted by Gasteiger charge is 2.14. The molecule has 0 fully saturated rings. The monoisotopic (exact) mass is 290 g/mol. The van der Waals surface area contributed by atoms with Gasteiger partial charge in [-0.15, -0.1) is 0 Å². The lowest BCUT2D eigenvalue weighted by Crippen LogP contribution is -2.20. The van der Waals surface area contributed by atoms with Crippen LogP contribution in [-0.2, 0) is 0 Å². The van der Waals surface area contributed by atoms with Crippen molar-refractivity contribution < 1.29 is 14.7 Å². The summed E-state index contributed by atoms with van der Waals surface area (Å²) in [5.41, 5.74) is 1.66. The lowest BCUT2D eigenvalue weighted by Gasteiger charge is -2.11. The lowest BCUT2D eigenvalue weighted by atomic mass is 9.99. The second-order valence-electron chi connectivity index (χ2n) is 4.95. The maximum atomic E-state index is 8.97. The highest BCUT2D eigenvalue weighted by atomic mass is 16.6. The summed E-state index contributed by atoms with van der Waals surface area (Å²) in [6, 6.07) is 13.1. The van der Waals surface area contributed by atoms with E-state index in [1.54, 1.807) is 24.5 Å². The molecule has 5 nitrogen and oxygen atoms in total. The van der Waals surface area contributed by atoms with E-state index in [1.807, 2.05) is 30.3 Å². The summed E-state index contributed by atoms with van der Waals surface area (Å²) in [5.74, 6) is 0.385. The third-order valence-electron chi connectivity index (χ3n) is 3.65. The number of fused-ring (bicyclic) bond motifs is 6. The fourth-order valence-corrected chi connectivity index (χ4v) is 2.80. The van der Waals surface area contributed by atoms with Gasteiger partial charge in [0.1, 0.15) is 5.75 Å². The molecule has 0 aliphatic carbocycles. The molecule has 4 aromatic rings. The van der Waals surface area contributed by atoms with Crippen LogP contribution in [-0.4, -0.2) is 27.3 Å². The first-order valence-corrected chi connectivity index (χ1v) is 6.82. The molecule has 2 aromatic carbocycles. The number of hydrogen-bond donors (Lipinski definition) is 2. The molecule has 4 rings (SSSR count). The van der Waals surface area contributed by atoms with Gasteiger partial charge >= 0.3 is 7.32 Å². The molecule has 0 saturated carbocycles. The van der Waals surface area contributed by atoms with Gasteiger partial charge in [-0.1, -0.05) is 18.2 Å². The van der Waals surface area contributed by atoms with Crippen LogP contribution < -0.4 is 4.65 Å². The summed E-state index contributed by atoms with van der Waals surface area (Å²) in [7, 11) is -1.84. The van der Waals surface area contributed by atoms with Gasteiger partial charge in [0.2, 0.25) is 0 Å². The zero-order valence-electron chi connectivity index (χ0n) is 11.5. The molecule has 2 heterocycles. The lowest BCUT2D eigenvalue weighted by molar-refractivity contribution is 0.288. The minimum absolute atomic E-state index is 0.385. The maximum Gasteiger partial charge on any atom is 0.707 e. The Balaban J connectivity index is 2.17. The van der Waals surface area contributed by atoms with E-state index in [2.05, 4.69) is 9.97 Å². The zero-order valence-corrected chi connectivity index (χ0v) is 11.5. The summed E-state index contributed by atoms with van der Waals surface area (Å²) < 4.78 is 4.96. The summed E-state index contributed by atoms with van der Waals surface area (Å²) in [6.07, 6.45) is 3.49. The molecule has 0 radical (unpaired) electrons. The molecule has 0 saturated heterocycles. The van der Waals surface area contributed by atoms with Crippen LogP contribution in [0.5, 0.6) is 5.75 Å². The second-order valence-corrected chi connectivity index (χ2v) is 4.95. The van der Waals surface area contributed by atoms with Crippen LogP contribution >= 0.6 is 0 Å². The van der Waals surface area contributed by atoms with Crippen LogP contribution in [0.25, 0.3) is 32.6 Å². The maximum absolute atomic E-state index is 8.97. The highest BCUT2D eigenvalue weighted by Crippen LogP contribution is 2.34. The second kappa shape index (κ2) is 4.94. The van der Waals surface area contributed by atoms with Gasteiger partial charge in [0, 0.05) is 23.2 Å². The van der Waals surface area contributed by atoms with Crippen molar-refractivity contribution in [2.45, 2.75) is 0 Å². The Morgan fingerprint density at radius 2 is 1.41 bits per heavy atom. The third kappa shape index (κ3) is 1.97. The Kier molecular flexibility index (Phi) is 2.92. The number of pyridine rings is 2. The normalized spacial score (nSPS) is 11.2. The molecule has 0 spiro atoms. The standard InChI is InChI=1S/C16H11BN2O3/c20-17(21)22-10-5-6-11-12-3-1-7-18-15(12)16-13(14(11)9-10)4-2-8-19-16/h1-9,20-21H. The van der Waals surface area contributed by atoms with E-state index < -0.39 is 7.32 Å². The summed E-state index contributed by atoms with van der Waals surface area (Å²) in [4.78, 5) is 8.90. The average Bonchev–Trinajstić information content (AvgIpc) is 2.54. The highest BCUT2D eigenvalue weighted by molar-refractivity contribution is 6.34. The zero-order chi connectivity index (χ0) is 15.1. The van der Waals surface area contributed by atoms with Gasteiger partial charge < -0.3 is 14.7 Å². The van der Waals surface area contributed by atoms with Crippen LogP contribution in [0, 0.1) is 0 Å². The molecule has 0 aliphatic heterocycles. The van der Waals surface area contributed by atoms with Gasteiger partial charge in [0.15, 0.2) is 0 Å². The Morgan fingerprint density at radius 1 is 0.773 bits per heavy atom. The summed E-state index contributed by atoms with van der Waals surface area (Å²) in [6.45, 7) is 0. The Bertz CT molecular complexity index is 969. The van der Waals surface area contributed by atoms with Crippen LogP contribution in [0.1, 0.15) is 0 Å². The van der Waals surface area contributed by atoms with E-state index in [0.717, 1.165) is 32.6 Å². The average molecular weight is 290 g/mol. The SMILES string of the molecule is OB(O)Oc1ccc2c(c1)c1cccnc1c1ncccc21. The summed E-state index contributed by atoms with van der Waals surface area (Å²) in [5, 5.41) is 21.8. The number of aromatic nitrogens is 2. The van der Waals surface area contributed by atoms with Gasteiger partial charge in [0.05, 0.1) is 11.0 Å². The van der Waals surface area contributed by atoms with Crippen molar-refractivity contribution in [2.75, 3.05) is 0 Å². The minimum atomic E-state index is -1.84. The van der Waals surface area contributed by atoms with Gasteiger partial charge in [-0.05, 0) is 35.0 Å². The molecule has 2 N–H and O–H groups in total. The van der Waals surface area contributed by atoms with E-state index in [1.165, 1.54) is 0 Å². The first-order valence-electron chi connectivity index (χ1n) is 6.82. The topological polar surface area (TPSA) is 75.5 Å². The molecule has 0 amide bonds. The molecule has 106 valence electrons. The number of rotatable bonds is 2. The molecule has 0 bridgehead atoms. The van der Waals surface area contributed by atoms with Gasteiger partial charge in [-0.2, -0.15) is 0 Å². The van der Waals surface area contributed by atoms with Crippen molar-refractivity contribution in [1.82, 2.24) is 9.97 Å². The smallest absolute Gasteiger partial charge is 0.512 e.